The van der Waals surface area contributed by atoms with Crippen LogP contribution in [0.2, 0.25) is 0 Å². The van der Waals surface area contributed by atoms with E-state index in [9.17, 15) is 4.79 Å². The van der Waals surface area contributed by atoms with Gasteiger partial charge in [0.1, 0.15) is 0 Å². The largest absolute Gasteiger partial charge is 0.354 e. The smallest absolute Gasteiger partial charge is 0.224 e. The fourth-order valence-corrected chi connectivity index (χ4v) is 2.82. The minimum atomic E-state index is 0.136. The molecule has 1 atom stereocenters. The minimum absolute atomic E-state index is 0.136. The summed E-state index contributed by atoms with van der Waals surface area (Å²) in [6, 6.07) is 8.62. The maximum absolute atomic E-state index is 12.0. The second-order valence-corrected chi connectivity index (χ2v) is 5.33. The predicted molar refractivity (Wildman–Crippen MR) is 78.2 cm³/mol. The van der Waals surface area contributed by atoms with Crippen LogP contribution in [0.3, 0.4) is 0 Å². The highest BCUT2D eigenvalue weighted by molar-refractivity contribution is 5.78. The summed E-state index contributed by atoms with van der Waals surface area (Å²) in [5, 5.41) is 3.08. The molecule has 0 bridgehead atoms. The summed E-state index contributed by atoms with van der Waals surface area (Å²) >= 11 is 0. The van der Waals surface area contributed by atoms with Crippen molar-refractivity contribution in [2.45, 2.75) is 39.2 Å². The molecule has 0 aliphatic carbocycles. The summed E-state index contributed by atoms with van der Waals surface area (Å²) in [6.07, 6.45) is 2.95. The van der Waals surface area contributed by atoms with Crippen LogP contribution in [0.15, 0.2) is 24.3 Å². The summed E-state index contributed by atoms with van der Waals surface area (Å²) < 4.78 is 0. The van der Waals surface area contributed by atoms with E-state index in [4.69, 9.17) is 0 Å². The van der Waals surface area contributed by atoms with Crippen LogP contribution >= 0.6 is 0 Å². The molecule has 3 nitrogen and oxygen atoms in total. The summed E-state index contributed by atoms with van der Waals surface area (Å²) in [6.45, 7) is 7.29. The molecule has 1 aromatic rings. The molecule has 1 saturated heterocycles. The number of carbonyl (C=O) groups is 1. The number of nitrogens with zero attached hydrogens (tertiary/aromatic N) is 1. The average molecular weight is 260 g/mol. The number of likely N-dealkylation sites (N-methyl/N-ethyl adjacent to an activating group) is 1. The number of hydrogen-bond acceptors (Lipinski definition) is 2. The molecule has 0 radical (unpaired) electrons. The van der Waals surface area contributed by atoms with Crippen LogP contribution in [0.25, 0.3) is 0 Å². The molecule has 2 rings (SSSR count). The van der Waals surface area contributed by atoms with Crippen LogP contribution in [-0.4, -0.2) is 36.5 Å². The number of aryl methyl sites for hydroxylation is 1. The normalized spacial score (nSPS) is 19.6. The Balaban J connectivity index is 1.80. The Hall–Kier alpha value is -1.35. The Kier molecular flexibility index (Phi) is 4.97. The van der Waals surface area contributed by atoms with Crippen LogP contribution in [-0.2, 0) is 11.2 Å². The van der Waals surface area contributed by atoms with E-state index in [1.807, 2.05) is 18.2 Å². The van der Waals surface area contributed by atoms with Crippen molar-refractivity contribution in [2.75, 3.05) is 19.6 Å². The maximum Gasteiger partial charge on any atom is 0.224 e. The zero-order valence-electron chi connectivity index (χ0n) is 12.0. The quantitative estimate of drug-likeness (QED) is 0.879. The third-order valence-electron chi connectivity index (χ3n) is 4.05. The van der Waals surface area contributed by atoms with Gasteiger partial charge in [-0.25, -0.2) is 0 Å². The van der Waals surface area contributed by atoms with E-state index in [1.165, 1.54) is 24.9 Å². The van der Waals surface area contributed by atoms with Gasteiger partial charge in [0, 0.05) is 12.6 Å². The lowest BCUT2D eigenvalue weighted by Gasteiger charge is -2.22. The molecule has 0 saturated carbocycles. The SMILES string of the molecule is CCN1CCCC1CNC(=O)Cc1ccccc1C. The first kappa shape index (κ1) is 14.1. The number of nitrogens with one attached hydrogen (secondary N) is 1. The fourth-order valence-electron chi connectivity index (χ4n) is 2.82. The maximum atomic E-state index is 12.0. The fraction of sp³-hybridized carbons (Fsp3) is 0.562. The van der Waals surface area contributed by atoms with E-state index in [2.05, 4.69) is 30.1 Å². The molecule has 1 aliphatic heterocycles. The van der Waals surface area contributed by atoms with Crippen molar-refractivity contribution in [1.29, 1.82) is 0 Å². The van der Waals surface area contributed by atoms with Crippen LogP contribution in [0, 0.1) is 6.92 Å². The van der Waals surface area contributed by atoms with Crippen molar-refractivity contribution in [3.05, 3.63) is 35.4 Å². The zero-order valence-corrected chi connectivity index (χ0v) is 12.0. The zero-order chi connectivity index (χ0) is 13.7. The van der Waals surface area contributed by atoms with Crippen molar-refractivity contribution < 1.29 is 4.79 Å². The van der Waals surface area contributed by atoms with E-state index in [-0.39, 0.29) is 5.91 Å². The number of likely N-dealkylation sites (tertiary alicyclic amines) is 1. The van der Waals surface area contributed by atoms with Gasteiger partial charge >= 0.3 is 0 Å². The molecule has 0 aromatic heterocycles. The molecule has 1 fully saturated rings. The second-order valence-electron chi connectivity index (χ2n) is 5.33. The second kappa shape index (κ2) is 6.71. The van der Waals surface area contributed by atoms with Crippen molar-refractivity contribution in [3.8, 4) is 0 Å². The number of benzene rings is 1. The lowest BCUT2D eigenvalue weighted by atomic mass is 10.1. The first-order chi connectivity index (χ1) is 9.20. The Labute approximate surface area is 116 Å². The van der Waals surface area contributed by atoms with Crippen LogP contribution in [0.4, 0.5) is 0 Å². The molecule has 0 spiro atoms. The lowest BCUT2D eigenvalue weighted by Crippen LogP contribution is -2.40. The molecular weight excluding hydrogens is 236 g/mol. The van der Waals surface area contributed by atoms with E-state index in [1.54, 1.807) is 0 Å². The van der Waals surface area contributed by atoms with Gasteiger partial charge < -0.3 is 5.32 Å². The van der Waals surface area contributed by atoms with Crippen molar-refractivity contribution in [3.63, 3.8) is 0 Å². The summed E-state index contributed by atoms with van der Waals surface area (Å²) in [4.78, 5) is 14.4. The monoisotopic (exact) mass is 260 g/mol. The highest BCUT2D eigenvalue weighted by atomic mass is 16.1. The van der Waals surface area contributed by atoms with E-state index < -0.39 is 0 Å². The van der Waals surface area contributed by atoms with Crippen molar-refractivity contribution in [2.24, 2.45) is 0 Å². The van der Waals surface area contributed by atoms with Gasteiger partial charge in [0.25, 0.3) is 0 Å². The topological polar surface area (TPSA) is 32.3 Å². The molecule has 19 heavy (non-hydrogen) atoms. The third-order valence-corrected chi connectivity index (χ3v) is 4.05. The van der Waals surface area contributed by atoms with Crippen LogP contribution in [0.1, 0.15) is 30.9 Å². The lowest BCUT2D eigenvalue weighted by molar-refractivity contribution is -0.120. The Bertz CT molecular complexity index is 431. The van der Waals surface area contributed by atoms with Crippen molar-refractivity contribution >= 4 is 5.91 Å². The van der Waals surface area contributed by atoms with Gasteiger partial charge in [-0.05, 0) is 44.0 Å². The molecule has 1 heterocycles. The standard InChI is InChI=1S/C16H24N2O/c1-3-18-10-6-9-15(18)12-17-16(19)11-14-8-5-4-7-13(14)2/h4-5,7-8,15H,3,6,9-12H2,1-2H3,(H,17,19). The van der Waals surface area contributed by atoms with Gasteiger partial charge in [0.05, 0.1) is 6.42 Å². The summed E-state index contributed by atoms with van der Waals surface area (Å²) in [7, 11) is 0. The van der Waals surface area contributed by atoms with E-state index >= 15 is 0 Å². The highest BCUT2D eigenvalue weighted by Crippen LogP contribution is 2.15. The molecule has 1 amide bonds. The van der Waals surface area contributed by atoms with Gasteiger partial charge in [0.2, 0.25) is 5.91 Å². The van der Waals surface area contributed by atoms with Gasteiger partial charge in [0.15, 0.2) is 0 Å². The van der Waals surface area contributed by atoms with Gasteiger partial charge in [-0.15, -0.1) is 0 Å². The van der Waals surface area contributed by atoms with Crippen LogP contribution < -0.4 is 5.32 Å². The Morgan fingerprint density at radius 3 is 2.95 bits per heavy atom. The average Bonchev–Trinajstić information content (AvgIpc) is 2.86. The molecule has 1 unspecified atom stereocenters. The Morgan fingerprint density at radius 1 is 1.42 bits per heavy atom. The predicted octanol–water partition coefficient (Wildman–Crippen LogP) is 2.14. The van der Waals surface area contributed by atoms with E-state index in [0.717, 1.165) is 18.7 Å². The summed E-state index contributed by atoms with van der Waals surface area (Å²) in [5.41, 5.74) is 2.31. The summed E-state index contributed by atoms with van der Waals surface area (Å²) in [5.74, 6) is 0.136. The van der Waals surface area contributed by atoms with Gasteiger partial charge in [-0.3, -0.25) is 9.69 Å². The van der Waals surface area contributed by atoms with Gasteiger partial charge in [-0.1, -0.05) is 31.2 Å². The Morgan fingerprint density at radius 2 is 2.21 bits per heavy atom. The highest BCUT2D eigenvalue weighted by Gasteiger charge is 2.23. The number of rotatable bonds is 5. The van der Waals surface area contributed by atoms with Gasteiger partial charge in [-0.2, -0.15) is 0 Å². The van der Waals surface area contributed by atoms with E-state index in [0.29, 0.717) is 12.5 Å². The molecule has 104 valence electrons. The third kappa shape index (κ3) is 3.80. The first-order valence-electron chi connectivity index (χ1n) is 7.26. The minimum Gasteiger partial charge on any atom is -0.354 e. The molecular formula is C16H24N2O. The first-order valence-corrected chi connectivity index (χ1v) is 7.26. The van der Waals surface area contributed by atoms with Crippen LogP contribution in [0.5, 0.6) is 0 Å². The molecule has 1 aromatic carbocycles. The number of hydrogen-bond donors (Lipinski definition) is 1. The van der Waals surface area contributed by atoms with Crippen molar-refractivity contribution in [1.82, 2.24) is 10.2 Å². The molecule has 1 N–H and O–H groups in total. The molecule has 3 heteroatoms. The number of amides is 1. The molecule has 1 aliphatic rings. The number of carbonyl (C=O) groups excluding carboxylic acids is 1.